The highest BCUT2D eigenvalue weighted by molar-refractivity contribution is 5.90. The third-order valence-corrected chi connectivity index (χ3v) is 6.74. The van der Waals surface area contributed by atoms with E-state index < -0.39 is 11.5 Å². The van der Waals surface area contributed by atoms with Crippen LogP contribution in [0.2, 0.25) is 0 Å². The zero-order chi connectivity index (χ0) is 23.8. The maximum atomic E-state index is 13.6. The molecule has 2 atom stereocenters. The maximum absolute atomic E-state index is 13.6. The Labute approximate surface area is 196 Å². The smallest absolute Gasteiger partial charge is 0.242 e. The van der Waals surface area contributed by atoms with Crippen molar-refractivity contribution in [2.75, 3.05) is 26.3 Å². The van der Waals surface area contributed by atoms with Crippen molar-refractivity contribution in [3.63, 3.8) is 0 Å². The van der Waals surface area contributed by atoms with Crippen molar-refractivity contribution in [2.24, 2.45) is 11.3 Å². The first-order valence-corrected chi connectivity index (χ1v) is 12.3. The number of likely N-dealkylation sites (tertiary alicyclic amines) is 1. The molecule has 1 spiro atoms. The molecule has 1 aromatic rings. The van der Waals surface area contributed by atoms with Crippen LogP contribution in [0.4, 0.5) is 4.39 Å². The van der Waals surface area contributed by atoms with Crippen LogP contribution in [0.1, 0.15) is 64.9 Å². The minimum Gasteiger partial charge on any atom is -0.379 e. The van der Waals surface area contributed by atoms with E-state index in [1.807, 2.05) is 6.92 Å². The molecule has 2 amide bonds. The molecule has 3 heterocycles. The molecule has 2 aliphatic rings. The second-order valence-electron chi connectivity index (χ2n) is 10.2. The number of aromatic nitrogens is 1. The van der Waals surface area contributed by atoms with Gasteiger partial charge in [-0.05, 0) is 69.7 Å². The lowest BCUT2D eigenvalue weighted by Gasteiger charge is -2.41. The lowest BCUT2D eigenvalue weighted by Crippen LogP contribution is -2.55. The van der Waals surface area contributed by atoms with E-state index in [1.165, 1.54) is 12.3 Å². The molecule has 2 fully saturated rings. The van der Waals surface area contributed by atoms with Gasteiger partial charge in [-0.2, -0.15) is 0 Å². The molecule has 184 valence electrons. The summed E-state index contributed by atoms with van der Waals surface area (Å²) < 4.78 is 19.3. The highest BCUT2D eigenvalue weighted by atomic mass is 19.1. The third-order valence-electron chi connectivity index (χ3n) is 6.74. The summed E-state index contributed by atoms with van der Waals surface area (Å²) in [6.45, 7) is 9.27. The van der Waals surface area contributed by atoms with Gasteiger partial charge in [-0.25, -0.2) is 4.39 Å². The topological polar surface area (TPSA) is 83.6 Å². The Morgan fingerprint density at radius 1 is 1.18 bits per heavy atom. The number of halogens is 1. The van der Waals surface area contributed by atoms with Gasteiger partial charge < -0.3 is 15.4 Å². The van der Waals surface area contributed by atoms with Crippen molar-refractivity contribution in [1.29, 1.82) is 0 Å². The monoisotopic (exact) mass is 462 g/mol. The summed E-state index contributed by atoms with van der Waals surface area (Å²) in [4.78, 5) is 32.7. The largest absolute Gasteiger partial charge is 0.379 e. The molecule has 2 N–H and O–H groups in total. The normalized spacial score (nSPS) is 25.6. The molecule has 0 saturated carbocycles. The summed E-state index contributed by atoms with van der Waals surface area (Å²) in [6, 6.07) is 0.868. The van der Waals surface area contributed by atoms with Gasteiger partial charge in [0.2, 0.25) is 11.8 Å². The molecule has 33 heavy (non-hydrogen) atoms. The number of nitrogens with zero attached hydrogens (tertiary/aromatic N) is 2. The number of carbonyl (C=O) groups is 2. The fraction of sp³-hybridized carbons (Fsp3) is 0.720. The zero-order valence-electron chi connectivity index (χ0n) is 20.2. The Kier molecular flexibility index (Phi) is 9.20. The lowest BCUT2D eigenvalue weighted by molar-refractivity contribution is -0.138. The first kappa shape index (κ1) is 25.6. The first-order valence-electron chi connectivity index (χ1n) is 12.3. The van der Waals surface area contributed by atoms with Gasteiger partial charge in [0.05, 0.1) is 18.2 Å². The molecule has 3 rings (SSSR count). The third kappa shape index (κ3) is 7.47. The van der Waals surface area contributed by atoms with Crippen molar-refractivity contribution in [3.05, 3.63) is 29.8 Å². The molecular formula is C25H39FN4O3. The van der Waals surface area contributed by atoms with Gasteiger partial charge in [-0.1, -0.05) is 20.3 Å². The predicted molar refractivity (Wildman–Crippen MR) is 125 cm³/mol. The van der Waals surface area contributed by atoms with Crippen molar-refractivity contribution in [1.82, 2.24) is 20.5 Å². The van der Waals surface area contributed by atoms with E-state index in [0.29, 0.717) is 26.2 Å². The average Bonchev–Trinajstić information content (AvgIpc) is 2.76. The van der Waals surface area contributed by atoms with E-state index in [0.717, 1.165) is 50.8 Å². The second-order valence-corrected chi connectivity index (χ2v) is 10.2. The minimum absolute atomic E-state index is 0.0109. The Balaban J connectivity index is 1.71. The van der Waals surface area contributed by atoms with Gasteiger partial charge in [-0.3, -0.25) is 19.5 Å². The van der Waals surface area contributed by atoms with E-state index in [1.54, 1.807) is 6.20 Å². The molecule has 2 saturated heterocycles. The van der Waals surface area contributed by atoms with E-state index in [2.05, 4.69) is 34.4 Å². The lowest BCUT2D eigenvalue weighted by atomic mass is 9.73. The Morgan fingerprint density at radius 2 is 1.94 bits per heavy atom. The summed E-state index contributed by atoms with van der Waals surface area (Å²) in [7, 11) is 0. The summed E-state index contributed by atoms with van der Waals surface area (Å²) in [5.41, 5.74) is 0.344. The van der Waals surface area contributed by atoms with Crippen LogP contribution < -0.4 is 10.6 Å². The number of ether oxygens (including phenoxy) is 1. The number of amides is 2. The van der Waals surface area contributed by atoms with Gasteiger partial charge in [0.15, 0.2) is 0 Å². The van der Waals surface area contributed by atoms with Crippen LogP contribution in [0.5, 0.6) is 0 Å². The molecule has 0 unspecified atom stereocenters. The molecule has 7 nitrogen and oxygen atoms in total. The van der Waals surface area contributed by atoms with Gasteiger partial charge in [0, 0.05) is 25.4 Å². The molecular weight excluding hydrogens is 423 g/mol. The summed E-state index contributed by atoms with van der Waals surface area (Å²) >= 11 is 0. The second kappa shape index (κ2) is 11.9. The van der Waals surface area contributed by atoms with Gasteiger partial charge >= 0.3 is 0 Å². The minimum atomic E-state index is -0.547. The van der Waals surface area contributed by atoms with Crippen LogP contribution in [0.25, 0.3) is 0 Å². The number of nitrogens with one attached hydrogen (secondary N) is 2. The van der Waals surface area contributed by atoms with Gasteiger partial charge in [-0.15, -0.1) is 0 Å². The highest BCUT2D eigenvalue weighted by Gasteiger charge is 2.42. The van der Waals surface area contributed by atoms with Crippen LogP contribution in [0, 0.1) is 17.2 Å². The molecule has 0 aliphatic carbocycles. The first-order chi connectivity index (χ1) is 15.8. The van der Waals surface area contributed by atoms with Gasteiger partial charge in [0.1, 0.15) is 11.9 Å². The quantitative estimate of drug-likeness (QED) is 0.719. The standard InChI is InChI=1S/C25H39FN4O3/c1-18(2)12-22-23(31)28-19(3)17-33-11-5-4-6-25(24(32)29-22)7-9-30(10-8-25)16-20-13-21(26)15-27-14-20/h13-15,18-19,22H,4-12,16-17H2,1-3H3,(H,28,31)(H,29,32)/t19-,22+/m1/s1. The predicted octanol–water partition coefficient (Wildman–Crippen LogP) is 3.04. The summed E-state index contributed by atoms with van der Waals surface area (Å²) in [6.07, 6.45) is 7.51. The molecule has 0 radical (unpaired) electrons. The summed E-state index contributed by atoms with van der Waals surface area (Å²) in [5.74, 6) is -0.204. The maximum Gasteiger partial charge on any atom is 0.242 e. The number of pyridine rings is 1. The molecule has 1 aromatic heterocycles. The van der Waals surface area contributed by atoms with Crippen LogP contribution in [0.15, 0.2) is 18.5 Å². The average molecular weight is 463 g/mol. The fourth-order valence-corrected chi connectivity index (χ4v) is 4.86. The van der Waals surface area contributed by atoms with Gasteiger partial charge in [0.25, 0.3) is 0 Å². The number of carbonyl (C=O) groups excluding carboxylic acids is 2. The van der Waals surface area contributed by atoms with E-state index in [9.17, 15) is 14.0 Å². The SMILES string of the molecule is CC(C)C[C@@H]1NC(=O)C2(CCCCOC[C@@H](C)NC1=O)CCN(Cc1cncc(F)c1)CC2. The molecule has 0 aromatic carbocycles. The van der Waals surface area contributed by atoms with E-state index in [4.69, 9.17) is 4.74 Å². The number of piperidine rings is 1. The molecule has 8 heteroatoms. The van der Waals surface area contributed by atoms with E-state index in [-0.39, 0.29) is 29.6 Å². The van der Waals surface area contributed by atoms with Crippen molar-refractivity contribution in [3.8, 4) is 0 Å². The number of hydrogen-bond acceptors (Lipinski definition) is 5. The highest BCUT2D eigenvalue weighted by Crippen LogP contribution is 2.38. The van der Waals surface area contributed by atoms with E-state index >= 15 is 0 Å². The summed E-state index contributed by atoms with van der Waals surface area (Å²) in [5, 5.41) is 6.12. The number of hydrogen-bond donors (Lipinski definition) is 2. The van der Waals surface area contributed by atoms with Crippen LogP contribution >= 0.6 is 0 Å². The Bertz CT molecular complexity index is 796. The number of rotatable bonds is 4. The Hall–Kier alpha value is -2.06. The van der Waals surface area contributed by atoms with Crippen molar-refractivity contribution < 1.29 is 18.7 Å². The zero-order valence-corrected chi connectivity index (χ0v) is 20.2. The molecule has 0 bridgehead atoms. The Morgan fingerprint density at radius 3 is 2.64 bits per heavy atom. The van der Waals surface area contributed by atoms with Crippen molar-refractivity contribution >= 4 is 11.8 Å². The van der Waals surface area contributed by atoms with Crippen molar-refractivity contribution in [2.45, 2.75) is 77.9 Å². The van der Waals surface area contributed by atoms with Crippen LogP contribution in [-0.2, 0) is 20.9 Å². The van der Waals surface area contributed by atoms with Crippen LogP contribution in [0.3, 0.4) is 0 Å². The van der Waals surface area contributed by atoms with Crippen LogP contribution in [-0.4, -0.2) is 60.1 Å². The fourth-order valence-electron chi connectivity index (χ4n) is 4.86. The molecule has 2 aliphatic heterocycles.